The van der Waals surface area contributed by atoms with Gasteiger partial charge in [-0.25, -0.2) is 4.39 Å². The summed E-state index contributed by atoms with van der Waals surface area (Å²) in [5, 5.41) is 12.2. The second kappa shape index (κ2) is 6.15. The van der Waals surface area contributed by atoms with Crippen LogP contribution in [0.1, 0.15) is 30.1 Å². The van der Waals surface area contributed by atoms with Gasteiger partial charge in [0.05, 0.1) is 22.7 Å². The van der Waals surface area contributed by atoms with Gasteiger partial charge in [-0.05, 0) is 30.8 Å². The van der Waals surface area contributed by atoms with Crippen molar-refractivity contribution in [2.75, 3.05) is 6.54 Å². The number of hydrogen-bond acceptors (Lipinski definition) is 3. The predicted octanol–water partition coefficient (Wildman–Crippen LogP) is 2.26. The number of hydrogen-bond donors (Lipinski definition) is 4. The summed E-state index contributed by atoms with van der Waals surface area (Å²) >= 11 is 4.94. The topological polar surface area (TPSA) is 80.9 Å². The standard InChI is InChI=1S/C13H16FN3O2S/c1-2-3-8(18)6-15-12(19)9-4-7(14)5-10-11(9)17-13(20)16-10/h4-5,8,18H,2-3,6H2,1H3,(H,15,19)(H2,16,17,20). The van der Waals surface area contributed by atoms with Gasteiger partial charge in [-0.1, -0.05) is 13.3 Å². The van der Waals surface area contributed by atoms with Gasteiger partial charge in [0.1, 0.15) is 5.82 Å². The third-order valence-corrected chi connectivity index (χ3v) is 3.16. The molecule has 2 rings (SSSR count). The minimum Gasteiger partial charge on any atom is -0.391 e. The Balaban J connectivity index is 2.23. The molecule has 7 heteroatoms. The summed E-state index contributed by atoms with van der Waals surface area (Å²) in [5.74, 6) is -0.975. The average molecular weight is 297 g/mol. The molecule has 1 unspecified atom stereocenters. The van der Waals surface area contributed by atoms with Crippen LogP contribution in [0.5, 0.6) is 0 Å². The van der Waals surface area contributed by atoms with E-state index in [2.05, 4.69) is 15.3 Å². The van der Waals surface area contributed by atoms with E-state index < -0.39 is 17.8 Å². The van der Waals surface area contributed by atoms with Crippen molar-refractivity contribution in [3.05, 3.63) is 28.3 Å². The lowest BCUT2D eigenvalue weighted by Crippen LogP contribution is -2.32. The fraction of sp³-hybridized carbons (Fsp3) is 0.385. The van der Waals surface area contributed by atoms with Crippen molar-refractivity contribution >= 4 is 29.2 Å². The summed E-state index contributed by atoms with van der Waals surface area (Å²) < 4.78 is 13.8. The first-order chi connectivity index (χ1) is 9.51. The lowest BCUT2D eigenvalue weighted by atomic mass is 10.1. The van der Waals surface area contributed by atoms with Crippen molar-refractivity contribution in [1.29, 1.82) is 0 Å². The van der Waals surface area contributed by atoms with E-state index >= 15 is 0 Å². The number of imidazole rings is 1. The van der Waals surface area contributed by atoms with Crippen LogP contribution in [0.15, 0.2) is 12.1 Å². The number of amides is 1. The molecule has 2 aromatic rings. The van der Waals surface area contributed by atoms with Crippen LogP contribution < -0.4 is 5.32 Å². The van der Waals surface area contributed by atoms with Gasteiger partial charge >= 0.3 is 0 Å². The molecule has 0 spiro atoms. The van der Waals surface area contributed by atoms with Crippen LogP contribution in [0.3, 0.4) is 0 Å². The van der Waals surface area contributed by atoms with E-state index in [0.717, 1.165) is 12.5 Å². The van der Waals surface area contributed by atoms with Gasteiger partial charge in [-0.3, -0.25) is 4.79 Å². The Bertz CT molecular complexity index is 680. The first-order valence-corrected chi connectivity index (χ1v) is 6.80. The molecule has 1 aromatic carbocycles. The van der Waals surface area contributed by atoms with Crippen molar-refractivity contribution in [1.82, 2.24) is 15.3 Å². The highest BCUT2D eigenvalue weighted by molar-refractivity contribution is 7.71. The Hall–Kier alpha value is -1.73. The number of aliphatic hydroxyl groups excluding tert-OH is 1. The monoisotopic (exact) mass is 297 g/mol. The highest BCUT2D eigenvalue weighted by Crippen LogP contribution is 2.17. The van der Waals surface area contributed by atoms with Crippen molar-refractivity contribution in [2.24, 2.45) is 0 Å². The van der Waals surface area contributed by atoms with Crippen molar-refractivity contribution < 1.29 is 14.3 Å². The molecule has 0 saturated carbocycles. The zero-order valence-electron chi connectivity index (χ0n) is 11.0. The Kier molecular flexibility index (Phi) is 4.51. The van der Waals surface area contributed by atoms with E-state index in [1.807, 2.05) is 6.92 Å². The number of H-pyrrole nitrogens is 2. The van der Waals surface area contributed by atoms with Gasteiger partial charge < -0.3 is 20.4 Å². The molecule has 0 aliphatic carbocycles. The molecule has 1 heterocycles. The van der Waals surface area contributed by atoms with Crippen molar-refractivity contribution in [3.63, 3.8) is 0 Å². The van der Waals surface area contributed by atoms with E-state index in [4.69, 9.17) is 12.2 Å². The molecule has 4 N–H and O–H groups in total. The third kappa shape index (κ3) is 3.23. The van der Waals surface area contributed by atoms with E-state index in [1.54, 1.807) is 0 Å². The maximum atomic E-state index is 13.5. The molecule has 1 aromatic heterocycles. The molecule has 108 valence electrons. The Morgan fingerprint density at radius 3 is 2.95 bits per heavy atom. The molecule has 0 aliphatic heterocycles. The maximum absolute atomic E-state index is 13.5. The molecule has 20 heavy (non-hydrogen) atoms. The van der Waals surface area contributed by atoms with Crippen molar-refractivity contribution in [3.8, 4) is 0 Å². The number of aliphatic hydroxyl groups is 1. The Labute approximate surface area is 120 Å². The van der Waals surface area contributed by atoms with E-state index in [9.17, 15) is 14.3 Å². The van der Waals surface area contributed by atoms with Gasteiger partial charge in [0.15, 0.2) is 4.77 Å². The first kappa shape index (κ1) is 14.7. The number of aromatic nitrogens is 2. The zero-order chi connectivity index (χ0) is 14.7. The molecule has 1 amide bonds. The van der Waals surface area contributed by atoms with Gasteiger partial charge in [0, 0.05) is 6.54 Å². The molecular weight excluding hydrogens is 281 g/mol. The quantitative estimate of drug-likeness (QED) is 0.639. The van der Waals surface area contributed by atoms with Crippen molar-refractivity contribution in [2.45, 2.75) is 25.9 Å². The smallest absolute Gasteiger partial charge is 0.253 e. The van der Waals surface area contributed by atoms with Crippen LogP contribution in [0, 0.1) is 10.6 Å². The van der Waals surface area contributed by atoms with Crippen LogP contribution >= 0.6 is 12.2 Å². The number of carbonyl (C=O) groups is 1. The number of nitrogens with one attached hydrogen (secondary N) is 3. The summed E-state index contributed by atoms with van der Waals surface area (Å²) in [7, 11) is 0. The zero-order valence-corrected chi connectivity index (χ0v) is 11.8. The number of benzene rings is 1. The fourth-order valence-electron chi connectivity index (χ4n) is 2.03. The molecule has 5 nitrogen and oxygen atoms in total. The first-order valence-electron chi connectivity index (χ1n) is 6.39. The predicted molar refractivity (Wildman–Crippen MR) is 76.7 cm³/mol. The lowest BCUT2D eigenvalue weighted by Gasteiger charge is -2.11. The molecule has 0 bridgehead atoms. The van der Waals surface area contributed by atoms with E-state index in [-0.39, 0.29) is 12.1 Å². The summed E-state index contributed by atoms with van der Waals surface area (Å²) in [6.45, 7) is 2.08. The maximum Gasteiger partial charge on any atom is 0.253 e. The Morgan fingerprint density at radius 1 is 1.50 bits per heavy atom. The lowest BCUT2D eigenvalue weighted by molar-refractivity contribution is 0.0911. The highest BCUT2D eigenvalue weighted by Gasteiger charge is 2.14. The van der Waals surface area contributed by atoms with Crippen LogP contribution in [0.25, 0.3) is 11.0 Å². The van der Waals surface area contributed by atoms with Crippen LogP contribution in [0.4, 0.5) is 4.39 Å². The summed E-state index contributed by atoms with van der Waals surface area (Å²) in [6, 6.07) is 2.41. The van der Waals surface area contributed by atoms with Gasteiger partial charge in [-0.2, -0.15) is 0 Å². The summed E-state index contributed by atoms with van der Waals surface area (Å²) in [5.41, 5.74) is 1.06. The van der Waals surface area contributed by atoms with E-state index in [0.29, 0.717) is 22.2 Å². The number of carbonyl (C=O) groups excluding carboxylic acids is 1. The van der Waals surface area contributed by atoms with Crippen LogP contribution in [0.2, 0.25) is 0 Å². The van der Waals surface area contributed by atoms with Gasteiger partial charge in [0.2, 0.25) is 0 Å². The van der Waals surface area contributed by atoms with Gasteiger partial charge in [0.25, 0.3) is 5.91 Å². The van der Waals surface area contributed by atoms with Crippen LogP contribution in [-0.2, 0) is 0 Å². The second-order valence-electron chi connectivity index (χ2n) is 4.61. The number of fused-ring (bicyclic) bond motifs is 1. The minimum absolute atomic E-state index is 0.135. The van der Waals surface area contributed by atoms with Crippen LogP contribution in [-0.4, -0.2) is 33.6 Å². The van der Waals surface area contributed by atoms with Gasteiger partial charge in [-0.15, -0.1) is 0 Å². The number of aromatic amines is 2. The summed E-state index contributed by atoms with van der Waals surface area (Å²) in [6.07, 6.45) is 0.829. The largest absolute Gasteiger partial charge is 0.391 e. The molecule has 0 saturated heterocycles. The summed E-state index contributed by atoms with van der Waals surface area (Å²) in [4.78, 5) is 17.7. The molecule has 0 radical (unpaired) electrons. The highest BCUT2D eigenvalue weighted by atomic mass is 32.1. The molecule has 1 atom stereocenters. The SMILES string of the molecule is CCCC(O)CNC(=O)c1cc(F)cc2[nH]c(=S)[nH]c12. The fourth-order valence-corrected chi connectivity index (χ4v) is 2.24. The third-order valence-electron chi connectivity index (χ3n) is 2.95. The molecular formula is C13H16FN3O2S. The molecule has 0 fully saturated rings. The number of rotatable bonds is 5. The molecule has 0 aliphatic rings. The number of halogens is 1. The average Bonchev–Trinajstić information content (AvgIpc) is 2.75. The second-order valence-corrected chi connectivity index (χ2v) is 5.02. The normalized spacial score (nSPS) is 12.6. The Morgan fingerprint density at radius 2 is 2.25 bits per heavy atom. The van der Waals surface area contributed by atoms with E-state index in [1.165, 1.54) is 6.07 Å². The minimum atomic E-state index is -0.599.